The van der Waals surface area contributed by atoms with Crippen molar-refractivity contribution in [2.75, 3.05) is 19.7 Å². The van der Waals surface area contributed by atoms with Gasteiger partial charge in [-0.3, -0.25) is 9.59 Å². The average Bonchev–Trinajstić information content (AvgIpc) is 2.69. The normalized spacial score (nSPS) is 15.8. The number of nitrogens with zero attached hydrogens (tertiary/aromatic N) is 1. The van der Waals surface area contributed by atoms with Gasteiger partial charge in [0.15, 0.2) is 0 Å². The molecule has 8 heteroatoms. The summed E-state index contributed by atoms with van der Waals surface area (Å²) in [5.41, 5.74) is 5.35. The zero-order valence-corrected chi connectivity index (χ0v) is 17.2. The molecule has 0 spiro atoms. The van der Waals surface area contributed by atoms with Crippen molar-refractivity contribution >= 4 is 35.0 Å². The number of primary amides is 1. The van der Waals surface area contributed by atoms with Crippen molar-refractivity contribution in [1.82, 2.24) is 4.90 Å². The highest BCUT2D eigenvalue weighted by molar-refractivity contribution is 6.31. The Morgan fingerprint density at radius 1 is 1.10 bits per heavy atom. The number of hydrogen-bond acceptors (Lipinski definition) is 3. The van der Waals surface area contributed by atoms with Crippen molar-refractivity contribution < 1.29 is 18.7 Å². The molecule has 2 aromatic carbocycles. The lowest BCUT2D eigenvalue weighted by Crippen LogP contribution is -2.47. The summed E-state index contributed by atoms with van der Waals surface area (Å²) in [4.78, 5) is 26.0. The summed E-state index contributed by atoms with van der Waals surface area (Å²) in [6, 6.07) is 10.9. The molecule has 2 aromatic rings. The van der Waals surface area contributed by atoms with Gasteiger partial charge >= 0.3 is 0 Å². The Bertz CT molecular complexity index is 897. The number of nitrogens with two attached hydrogens (primary N) is 1. The largest absolute Gasteiger partial charge is 0.493 e. The maximum Gasteiger partial charge on any atom is 0.253 e. The molecule has 1 aliphatic heterocycles. The molecule has 0 aliphatic carbocycles. The Morgan fingerprint density at radius 2 is 1.76 bits per heavy atom. The van der Waals surface area contributed by atoms with Crippen molar-refractivity contribution in [3.05, 3.63) is 63.9 Å². The van der Waals surface area contributed by atoms with E-state index in [4.69, 9.17) is 33.7 Å². The first-order chi connectivity index (χ1) is 13.8. The van der Waals surface area contributed by atoms with Crippen molar-refractivity contribution in [2.24, 2.45) is 11.1 Å². The summed E-state index contributed by atoms with van der Waals surface area (Å²) in [5, 5.41) is 0.518. The molecule has 2 amide bonds. The van der Waals surface area contributed by atoms with Gasteiger partial charge in [-0.2, -0.15) is 0 Å². The molecule has 5 nitrogen and oxygen atoms in total. The minimum absolute atomic E-state index is 0.0905. The van der Waals surface area contributed by atoms with Gasteiger partial charge in [-0.1, -0.05) is 23.2 Å². The van der Waals surface area contributed by atoms with Crippen LogP contribution in [0.2, 0.25) is 10.0 Å². The molecule has 0 radical (unpaired) electrons. The SMILES string of the molecule is NC(=O)CC1(COc2ccc(Cl)cc2)CCN(C(=O)c2ccc(F)c(Cl)c2)CC1. The van der Waals surface area contributed by atoms with E-state index in [1.807, 2.05) is 0 Å². The molecule has 1 fully saturated rings. The molecule has 1 saturated heterocycles. The van der Waals surface area contributed by atoms with Crippen LogP contribution < -0.4 is 10.5 Å². The fourth-order valence-corrected chi connectivity index (χ4v) is 3.81. The third kappa shape index (κ3) is 5.40. The van der Waals surface area contributed by atoms with Crippen LogP contribution in [0.25, 0.3) is 0 Å². The highest BCUT2D eigenvalue weighted by Gasteiger charge is 2.38. The van der Waals surface area contributed by atoms with E-state index in [-0.39, 0.29) is 17.4 Å². The minimum Gasteiger partial charge on any atom is -0.493 e. The van der Waals surface area contributed by atoms with E-state index < -0.39 is 17.1 Å². The lowest BCUT2D eigenvalue weighted by Gasteiger charge is -2.41. The fraction of sp³-hybridized carbons (Fsp3) is 0.333. The summed E-state index contributed by atoms with van der Waals surface area (Å²) in [5.74, 6) is -0.549. The number of benzene rings is 2. The predicted molar refractivity (Wildman–Crippen MR) is 110 cm³/mol. The van der Waals surface area contributed by atoms with Crippen LogP contribution in [0.4, 0.5) is 4.39 Å². The summed E-state index contributed by atoms with van der Waals surface area (Å²) in [6.07, 6.45) is 1.29. The zero-order valence-electron chi connectivity index (χ0n) is 15.7. The highest BCUT2D eigenvalue weighted by atomic mass is 35.5. The third-order valence-electron chi connectivity index (χ3n) is 5.19. The van der Waals surface area contributed by atoms with E-state index >= 15 is 0 Å². The Balaban J connectivity index is 1.66. The number of rotatable bonds is 6. The van der Waals surface area contributed by atoms with Crippen molar-refractivity contribution in [3.63, 3.8) is 0 Å². The van der Waals surface area contributed by atoms with E-state index in [9.17, 15) is 14.0 Å². The molecule has 2 N–H and O–H groups in total. The van der Waals surface area contributed by atoms with Crippen LogP contribution in [0.15, 0.2) is 42.5 Å². The molecule has 0 bridgehead atoms. The summed E-state index contributed by atoms with van der Waals surface area (Å²) in [7, 11) is 0. The number of amides is 2. The molecule has 0 saturated carbocycles. The first-order valence-corrected chi connectivity index (χ1v) is 9.95. The quantitative estimate of drug-likeness (QED) is 0.729. The number of hydrogen-bond donors (Lipinski definition) is 1. The van der Waals surface area contributed by atoms with Gasteiger partial charge in [-0.05, 0) is 55.3 Å². The summed E-state index contributed by atoms with van der Waals surface area (Å²) < 4.78 is 19.2. The Kier molecular flexibility index (Phi) is 6.65. The van der Waals surface area contributed by atoms with Gasteiger partial charge in [0, 0.05) is 35.5 Å². The first kappa shape index (κ1) is 21.4. The van der Waals surface area contributed by atoms with Gasteiger partial charge in [0.25, 0.3) is 5.91 Å². The average molecular weight is 439 g/mol. The maximum atomic E-state index is 13.4. The minimum atomic E-state index is -0.568. The monoisotopic (exact) mass is 438 g/mol. The number of ether oxygens (including phenoxy) is 1. The van der Waals surface area contributed by atoms with E-state index in [0.29, 0.717) is 48.9 Å². The van der Waals surface area contributed by atoms with Crippen LogP contribution in [-0.2, 0) is 4.79 Å². The number of halogens is 3. The fourth-order valence-electron chi connectivity index (χ4n) is 3.50. The van der Waals surface area contributed by atoms with Crippen LogP contribution in [0.3, 0.4) is 0 Å². The molecule has 0 aromatic heterocycles. The smallest absolute Gasteiger partial charge is 0.253 e. The lowest BCUT2D eigenvalue weighted by molar-refractivity contribution is -0.121. The molecular formula is C21H21Cl2FN2O3. The number of piperidine rings is 1. The molecular weight excluding hydrogens is 418 g/mol. The summed E-state index contributed by atoms with van der Waals surface area (Å²) in [6.45, 7) is 1.18. The molecule has 3 rings (SSSR count). The number of likely N-dealkylation sites (tertiary alicyclic amines) is 1. The number of carbonyl (C=O) groups excluding carboxylic acids is 2. The van der Waals surface area contributed by atoms with Gasteiger partial charge < -0.3 is 15.4 Å². The molecule has 29 heavy (non-hydrogen) atoms. The molecule has 0 unspecified atom stereocenters. The second-order valence-corrected chi connectivity index (χ2v) is 8.15. The molecule has 0 atom stereocenters. The second-order valence-electron chi connectivity index (χ2n) is 7.31. The van der Waals surface area contributed by atoms with Crippen molar-refractivity contribution in [1.29, 1.82) is 0 Å². The van der Waals surface area contributed by atoms with E-state index in [0.717, 1.165) is 0 Å². The highest BCUT2D eigenvalue weighted by Crippen LogP contribution is 2.36. The molecule has 1 aliphatic rings. The standard InChI is InChI=1S/C21H21Cl2FN2O3/c22-15-2-4-16(5-3-15)29-13-21(12-19(25)27)7-9-26(10-8-21)20(28)14-1-6-18(24)17(23)11-14/h1-6,11H,7-10,12-13H2,(H2,25,27). The van der Waals surface area contributed by atoms with Crippen molar-refractivity contribution in [2.45, 2.75) is 19.3 Å². The first-order valence-electron chi connectivity index (χ1n) is 9.19. The Labute approximate surface area is 178 Å². The van der Waals surface area contributed by atoms with Gasteiger partial charge in [0.1, 0.15) is 11.6 Å². The van der Waals surface area contributed by atoms with Gasteiger partial charge in [-0.25, -0.2) is 4.39 Å². The lowest BCUT2D eigenvalue weighted by atomic mass is 9.76. The van der Waals surface area contributed by atoms with E-state index in [1.54, 1.807) is 29.2 Å². The van der Waals surface area contributed by atoms with Crippen LogP contribution in [0.1, 0.15) is 29.6 Å². The Hall–Kier alpha value is -2.31. The topological polar surface area (TPSA) is 72.6 Å². The van der Waals surface area contributed by atoms with Gasteiger partial charge in [0.2, 0.25) is 5.91 Å². The third-order valence-corrected chi connectivity index (χ3v) is 5.73. The van der Waals surface area contributed by atoms with Crippen LogP contribution in [0, 0.1) is 11.2 Å². The molecule has 154 valence electrons. The zero-order chi connectivity index (χ0) is 21.0. The predicted octanol–water partition coefficient (Wildman–Crippen LogP) is 4.31. The van der Waals surface area contributed by atoms with Crippen molar-refractivity contribution in [3.8, 4) is 5.75 Å². The number of carbonyl (C=O) groups is 2. The second kappa shape index (κ2) is 9.01. The summed E-state index contributed by atoms with van der Waals surface area (Å²) >= 11 is 11.7. The maximum absolute atomic E-state index is 13.4. The van der Waals surface area contributed by atoms with Crippen LogP contribution >= 0.6 is 23.2 Å². The van der Waals surface area contributed by atoms with Crippen LogP contribution in [-0.4, -0.2) is 36.4 Å². The van der Waals surface area contributed by atoms with E-state index in [1.165, 1.54) is 18.2 Å². The van der Waals surface area contributed by atoms with Gasteiger partial charge in [-0.15, -0.1) is 0 Å². The van der Waals surface area contributed by atoms with Gasteiger partial charge in [0.05, 0.1) is 11.6 Å². The van der Waals surface area contributed by atoms with Crippen LogP contribution in [0.5, 0.6) is 5.75 Å². The Morgan fingerprint density at radius 3 is 2.34 bits per heavy atom. The van der Waals surface area contributed by atoms with E-state index in [2.05, 4.69) is 0 Å². The molecule has 1 heterocycles.